The van der Waals surface area contributed by atoms with Gasteiger partial charge in [0.1, 0.15) is 12.4 Å². The molecule has 0 saturated heterocycles. The van der Waals surface area contributed by atoms with Crippen molar-refractivity contribution < 1.29 is 23.8 Å². The van der Waals surface area contributed by atoms with E-state index in [0.29, 0.717) is 49.1 Å². The average molecular weight is 931 g/mol. The number of nitrogens with zero attached hydrogens (tertiary/aromatic N) is 2. The van der Waals surface area contributed by atoms with E-state index in [1.54, 1.807) is 42.7 Å². The molecular weight excluding hydrogens is 902 g/mol. The molecule has 0 amide bonds. The smallest absolute Gasteiger partial charge is 0.338 e. The topological polar surface area (TPSA) is 96.2 Å². The summed E-state index contributed by atoms with van der Waals surface area (Å²) in [4.78, 5) is 45.6. The monoisotopic (exact) mass is 930 g/mol. The van der Waals surface area contributed by atoms with Gasteiger partial charge in [0.15, 0.2) is 4.80 Å². The first-order valence-electron chi connectivity index (χ1n) is 15.6. The fraction of sp³-hybridized carbons (Fsp3) is 0.158. The third-order valence-corrected chi connectivity index (χ3v) is 10.4. The Balaban J connectivity index is 1.48. The molecule has 2 heterocycles. The van der Waals surface area contributed by atoms with Crippen LogP contribution in [0.1, 0.15) is 52.5 Å². The lowest BCUT2D eigenvalue weighted by Crippen LogP contribution is -2.40. The summed E-state index contributed by atoms with van der Waals surface area (Å²) in [7, 11) is 0. The van der Waals surface area contributed by atoms with Crippen molar-refractivity contribution in [2.75, 3.05) is 13.2 Å². The normalized spacial score (nSPS) is 14.2. The van der Waals surface area contributed by atoms with E-state index < -0.39 is 12.0 Å². The number of hydrogen-bond donors (Lipinski definition) is 0. The van der Waals surface area contributed by atoms with Crippen LogP contribution in [0.4, 0.5) is 0 Å². The maximum atomic E-state index is 14.4. The van der Waals surface area contributed by atoms with Crippen molar-refractivity contribution in [2.24, 2.45) is 4.99 Å². The molecule has 1 aliphatic rings. The number of halogens is 3. The Morgan fingerprint density at radius 1 is 0.920 bits per heavy atom. The number of fused-ring (bicyclic) bond motifs is 1. The average Bonchev–Trinajstić information content (AvgIpc) is 3.42. The van der Waals surface area contributed by atoms with Crippen LogP contribution in [-0.2, 0) is 20.9 Å². The molecule has 0 fully saturated rings. The highest BCUT2D eigenvalue weighted by atomic mass is 127. The first-order valence-corrected chi connectivity index (χ1v) is 19.0. The molecule has 0 N–H and O–H groups in total. The van der Waals surface area contributed by atoms with E-state index in [-0.39, 0.29) is 30.3 Å². The van der Waals surface area contributed by atoms with Crippen LogP contribution in [0.25, 0.3) is 11.8 Å². The Hall–Kier alpha value is -3.79. The van der Waals surface area contributed by atoms with E-state index in [2.05, 4.69) is 45.2 Å². The zero-order valence-electron chi connectivity index (χ0n) is 26.8. The van der Waals surface area contributed by atoms with Gasteiger partial charge in [-0.05, 0) is 113 Å². The molecule has 0 bridgehead atoms. The van der Waals surface area contributed by atoms with Crippen LogP contribution in [0.2, 0.25) is 5.02 Å². The van der Waals surface area contributed by atoms with Crippen molar-refractivity contribution in [3.63, 3.8) is 0 Å². The molecule has 0 aliphatic carbocycles. The highest BCUT2D eigenvalue weighted by Crippen LogP contribution is 2.36. The number of carbonyl (C=O) groups excluding carboxylic acids is 2. The molecule has 0 saturated carbocycles. The predicted molar refractivity (Wildman–Crippen MR) is 211 cm³/mol. The molecule has 0 unspecified atom stereocenters. The van der Waals surface area contributed by atoms with Gasteiger partial charge in [-0.3, -0.25) is 9.36 Å². The minimum Gasteiger partial charge on any atom is -0.487 e. The number of rotatable bonds is 10. The third-order valence-electron chi connectivity index (χ3n) is 7.73. The van der Waals surface area contributed by atoms with Gasteiger partial charge in [-0.1, -0.05) is 77.5 Å². The van der Waals surface area contributed by atoms with Crippen LogP contribution in [0, 0.1) is 7.14 Å². The number of aromatic nitrogens is 1. The van der Waals surface area contributed by atoms with E-state index in [4.69, 9.17) is 30.8 Å². The van der Waals surface area contributed by atoms with Gasteiger partial charge in [0.05, 0.1) is 44.2 Å². The van der Waals surface area contributed by atoms with Crippen molar-refractivity contribution in [3.05, 3.63) is 156 Å². The molecule has 1 aromatic heterocycles. The molecule has 0 spiro atoms. The van der Waals surface area contributed by atoms with Crippen molar-refractivity contribution in [3.8, 4) is 5.75 Å². The van der Waals surface area contributed by atoms with Gasteiger partial charge in [0, 0.05) is 19.7 Å². The standard InChI is InChI=1S/C38H29ClI2N2O6S/c1-3-47-36(45)25-12-10-22(11-13-25)21-49-34-26(18-28(40)20-29(34)41)19-30-35(44)43-33(24-14-16-27(39)17-15-24)31(37(46)48-4-2)32(42-38(43)50-30)23-8-6-5-7-9-23/h5-20,33H,3-4,21H2,1-2H3/b30-19-/t33-/m0/s1. The third kappa shape index (κ3) is 7.75. The fourth-order valence-corrected chi connectivity index (χ4v) is 8.65. The summed E-state index contributed by atoms with van der Waals surface area (Å²) in [6.07, 6.45) is 1.81. The number of thiazole rings is 1. The summed E-state index contributed by atoms with van der Waals surface area (Å²) in [6, 6.07) is 26.7. The van der Waals surface area contributed by atoms with E-state index in [9.17, 15) is 14.4 Å². The second-order valence-corrected chi connectivity index (χ2v) is 14.8. The number of carbonyl (C=O) groups is 2. The van der Waals surface area contributed by atoms with Gasteiger partial charge >= 0.3 is 11.9 Å². The Kier molecular flexibility index (Phi) is 11.6. The minimum atomic E-state index is -0.815. The van der Waals surface area contributed by atoms with Crippen LogP contribution in [0.5, 0.6) is 5.75 Å². The first-order chi connectivity index (χ1) is 24.2. The lowest BCUT2D eigenvalue weighted by Gasteiger charge is -2.26. The number of hydrogen-bond acceptors (Lipinski definition) is 8. The van der Waals surface area contributed by atoms with Crippen molar-refractivity contribution in [1.82, 2.24) is 4.57 Å². The zero-order chi connectivity index (χ0) is 35.4. The van der Waals surface area contributed by atoms with Gasteiger partial charge < -0.3 is 14.2 Å². The molecule has 1 aliphatic heterocycles. The molecule has 4 aromatic carbocycles. The lowest BCUT2D eigenvalue weighted by atomic mass is 9.93. The van der Waals surface area contributed by atoms with Gasteiger partial charge in [-0.2, -0.15) is 0 Å². The molecule has 8 nitrogen and oxygen atoms in total. The quantitative estimate of drug-likeness (QED) is 0.106. The SMILES string of the molecule is CCOC(=O)C1=C(c2ccccc2)N=c2s/c(=C\c3cc(I)cc(I)c3OCc3ccc(C(=O)OCC)cc3)c(=O)n2[C@H]1c1ccc(Cl)cc1. The largest absolute Gasteiger partial charge is 0.487 e. The Labute approximate surface area is 324 Å². The fourth-order valence-electron chi connectivity index (χ4n) is 5.49. The zero-order valence-corrected chi connectivity index (χ0v) is 32.7. The molecular formula is C38H29ClI2N2O6S. The van der Waals surface area contributed by atoms with E-state index in [1.165, 1.54) is 11.3 Å². The van der Waals surface area contributed by atoms with Crippen molar-refractivity contribution in [2.45, 2.75) is 26.5 Å². The van der Waals surface area contributed by atoms with Crippen LogP contribution < -0.4 is 19.6 Å². The highest BCUT2D eigenvalue weighted by Gasteiger charge is 2.35. The number of esters is 2. The predicted octanol–water partition coefficient (Wildman–Crippen LogP) is 7.55. The van der Waals surface area contributed by atoms with Crippen LogP contribution in [0.15, 0.2) is 106 Å². The molecule has 6 rings (SSSR count). The van der Waals surface area contributed by atoms with E-state index in [0.717, 1.165) is 18.3 Å². The number of ether oxygens (including phenoxy) is 3. The first kappa shape index (κ1) is 36.0. The second-order valence-electron chi connectivity index (χ2n) is 11.0. The molecule has 50 heavy (non-hydrogen) atoms. The summed E-state index contributed by atoms with van der Waals surface area (Å²) < 4.78 is 20.8. The molecule has 5 aromatic rings. The van der Waals surface area contributed by atoms with E-state index in [1.807, 2.05) is 72.8 Å². The maximum absolute atomic E-state index is 14.4. The van der Waals surface area contributed by atoms with Gasteiger partial charge in [0.25, 0.3) is 5.56 Å². The molecule has 0 radical (unpaired) electrons. The van der Waals surface area contributed by atoms with Crippen molar-refractivity contribution >= 4 is 91.8 Å². The summed E-state index contributed by atoms with van der Waals surface area (Å²) in [5, 5.41) is 0.530. The minimum absolute atomic E-state index is 0.158. The Morgan fingerprint density at radius 2 is 1.60 bits per heavy atom. The molecule has 254 valence electrons. The van der Waals surface area contributed by atoms with Crippen LogP contribution in [0.3, 0.4) is 0 Å². The lowest BCUT2D eigenvalue weighted by molar-refractivity contribution is -0.138. The summed E-state index contributed by atoms with van der Waals surface area (Å²) in [5.74, 6) is -0.320. The van der Waals surface area contributed by atoms with Crippen LogP contribution >= 0.6 is 68.1 Å². The number of benzene rings is 4. The highest BCUT2D eigenvalue weighted by molar-refractivity contribution is 14.1. The Morgan fingerprint density at radius 3 is 2.28 bits per heavy atom. The second kappa shape index (κ2) is 16.0. The molecule has 1 atom stereocenters. The summed E-state index contributed by atoms with van der Waals surface area (Å²) >= 11 is 12.0. The maximum Gasteiger partial charge on any atom is 0.338 e. The van der Waals surface area contributed by atoms with E-state index >= 15 is 0 Å². The Bertz CT molecular complexity index is 2290. The molecule has 12 heteroatoms. The van der Waals surface area contributed by atoms with Gasteiger partial charge in [0.2, 0.25) is 0 Å². The van der Waals surface area contributed by atoms with Gasteiger partial charge in [-0.15, -0.1) is 0 Å². The van der Waals surface area contributed by atoms with Gasteiger partial charge in [-0.25, -0.2) is 14.6 Å². The summed E-state index contributed by atoms with van der Waals surface area (Å²) in [5.41, 5.74) is 3.86. The summed E-state index contributed by atoms with van der Waals surface area (Å²) in [6.45, 7) is 4.21. The van der Waals surface area contributed by atoms with Crippen LogP contribution in [-0.4, -0.2) is 29.7 Å². The van der Waals surface area contributed by atoms with Crippen molar-refractivity contribution in [1.29, 1.82) is 0 Å².